The minimum absolute atomic E-state index is 0.0324. The first-order valence-corrected chi connectivity index (χ1v) is 14.2. The molecule has 2 aromatic carbocycles. The van der Waals surface area contributed by atoms with Crippen LogP contribution in [0.3, 0.4) is 0 Å². The van der Waals surface area contributed by atoms with Crippen molar-refractivity contribution in [3.63, 3.8) is 0 Å². The molecule has 1 aliphatic rings. The van der Waals surface area contributed by atoms with Crippen molar-refractivity contribution in [3.8, 4) is 22.9 Å². The van der Waals surface area contributed by atoms with Gasteiger partial charge in [0.2, 0.25) is 10.0 Å². The molecule has 1 aliphatic carbocycles. The first kappa shape index (κ1) is 25.9. The van der Waals surface area contributed by atoms with Gasteiger partial charge >= 0.3 is 0 Å². The molecule has 4 aromatic rings. The molecule has 38 heavy (non-hydrogen) atoms. The topological polar surface area (TPSA) is 128 Å². The molecule has 5 rings (SSSR count). The van der Waals surface area contributed by atoms with Gasteiger partial charge in [0.05, 0.1) is 29.9 Å². The van der Waals surface area contributed by atoms with Crippen molar-refractivity contribution in [1.82, 2.24) is 24.3 Å². The molecular weight excluding hydrogens is 506 g/mol. The van der Waals surface area contributed by atoms with Gasteiger partial charge in [0, 0.05) is 12.5 Å². The van der Waals surface area contributed by atoms with Crippen LogP contribution in [0.2, 0.25) is 0 Å². The van der Waals surface area contributed by atoms with Crippen LogP contribution >= 0.6 is 0 Å². The van der Waals surface area contributed by atoms with Crippen molar-refractivity contribution in [2.45, 2.75) is 56.9 Å². The van der Waals surface area contributed by atoms with E-state index in [4.69, 9.17) is 14.6 Å². The van der Waals surface area contributed by atoms with Crippen LogP contribution in [0, 0.1) is 6.92 Å². The number of imidazole rings is 1. The third kappa shape index (κ3) is 5.03. The first-order chi connectivity index (χ1) is 18.3. The summed E-state index contributed by atoms with van der Waals surface area (Å²) in [7, 11) is -2.31. The Labute approximate surface area is 221 Å². The average molecular weight is 538 g/mol. The third-order valence-electron chi connectivity index (χ3n) is 6.86. The first-order valence-electron chi connectivity index (χ1n) is 12.7. The maximum absolute atomic E-state index is 13.2. The summed E-state index contributed by atoms with van der Waals surface area (Å²) in [5.41, 5.74) is 1.85. The SMILES string of the molecule is CCOc1ccc(S(=O)(=O)NCc2ccc(OC)cc2)cc1-c1nn2c(C3CCCC3)nc(C)c2c(=O)[nH]1. The number of nitrogens with zero attached hydrogens (tertiary/aromatic N) is 3. The highest BCUT2D eigenvalue weighted by Crippen LogP contribution is 2.35. The summed E-state index contributed by atoms with van der Waals surface area (Å²) in [5.74, 6) is 2.33. The molecule has 0 aliphatic heterocycles. The number of aromatic amines is 1. The van der Waals surface area contributed by atoms with Crippen LogP contribution < -0.4 is 19.8 Å². The van der Waals surface area contributed by atoms with E-state index in [9.17, 15) is 13.2 Å². The average Bonchev–Trinajstić information content (AvgIpc) is 3.56. The number of rotatable bonds is 9. The zero-order chi connectivity index (χ0) is 26.9. The number of H-pyrrole nitrogens is 1. The van der Waals surface area contributed by atoms with Gasteiger partial charge in [-0.1, -0.05) is 25.0 Å². The van der Waals surface area contributed by atoms with Crippen LogP contribution in [0.15, 0.2) is 52.2 Å². The molecule has 2 aromatic heterocycles. The molecular formula is C27H31N5O5S. The highest BCUT2D eigenvalue weighted by molar-refractivity contribution is 7.89. The van der Waals surface area contributed by atoms with E-state index >= 15 is 0 Å². The molecule has 11 heteroatoms. The maximum Gasteiger partial charge on any atom is 0.277 e. The minimum Gasteiger partial charge on any atom is -0.497 e. The minimum atomic E-state index is -3.88. The van der Waals surface area contributed by atoms with E-state index in [0.717, 1.165) is 37.1 Å². The standard InChI is InChI=1S/C27H31N5O5S/c1-4-37-23-14-13-21(38(34,35)28-16-18-9-11-20(36-3)12-10-18)15-22(23)25-30-27(33)24-17(2)29-26(32(24)31-25)19-7-5-6-8-19/h9-15,19,28H,4-8,16H2,1-3H3,(H,30,31,33). The molecule has 0 unspecified atom stereocenters. The van der Waals surface area contributed by atoms with Crippen LogP contribution in [0.4, 0.5) is 0 Å². The molecule has 1 saturated carbocycles. The highest BCUT2D eigenvalue weighted by Gasteiger charge is 2.26. The maximum atomic E-state index is 13.2. The van der Waals surface area contributed by atoms with Gasteiger partial charge in [0.1, 0.15) is 17.3 Å². The summed E-state index contributed by atoms with van der Waals surface area (Å²) in [6.45, 7) is 4.10. The molecule has 0 saturated heterocycles. The van der Waals surface area contributed by atoms with Gasteiger partial charge in [-0.25, -0.2) is 22.6 Å². The number of aromatic nitrogens is 4. The van der Waals surface area contributed by atoms with Crippen molar-refractivity contribution in [3.05, 3.63) is 69.9 Å². The predicted octanol–water partition coefficient (Wildman–Crippen LogP) is 3.94. The van der Waals surface area contributed by atoms with E-state index < -0.39 is 10.0 Å². The summed E-state index contributed by atoms with van der Waals surface area (Å²) in [6, 6.07) is 11.7. The largest absolute Gasteiger partial charge is 0.497 e. The van der Waals surface area contributed by atoms with Crippen molar-refractivity contribution < 1.29 is 17.9 Å². The van der Waals surface area contributed by atoms with Crippen molar-refractivity contribution in [1.29, 1.82) is 0 Å². The van der Waals surface area contributed by atoms with E-state index in [0.29, 0.717) is 34.9 Å². The van der Waals surface area contributed by atoms with Crippen molar-refractivity contribution in [2.75, 3.05) is 13.7 Å². The van der Waals surface area contributed by atoms with E-state index in [1.807, 2.05) is 6.92 Å². The number of aryl methyl sites for hydroxylation is 1. The lowest BCUT2D eigenvalue weighted by molar-refractivity contribution is 0.341. The van der Waals surface area contributed by atoms with Gasteiger partial charge in [-0.2, -0.15) is 0 Å². The van der Waals surface area contributed by atoms with E-state index in [1.54, 1.807) is 48.9 Å². The lowest BCUT2D eigenvalue weighted by Gasteiger charge is -2.14. The molecule has 0 spiro atoms. The van der Waals surface area contributed by atoms with Crippen LogP contribution in [-0.4, -0.2) is 41.7 Å². The zero-order valence-electron chi connectivity index (χ0n) is 21.7. The number of methoxy groups -OCH3 is 1. The Morgan fingerprint density at radius 2 is 1.87 bits per heavy atom. The van der Waals surface area contributed by atoms with Crippen LogP contribution in [0.1, 0.15) is 55.6 Å². The van der Waals surface area contributed by atoms with Crippen LogP contribution in [0.5, 0.6) is 11.5 Å². The molecule has 0 radical (unpaired) electrons. The highest BCUT2D eigenvalue weighted by atomic mass is 32.2. The second-order valence-electron chi connectivity index (χ2n) is 9.36. The van der Waals surface area contributed by atoms with Crippen LogP contribution in [0.25, 0.3) is 16.9 Å². The van der Waals surface area contributed by atoms with Crippen LogP contribution in [-0.2, 0) is 16.6 Å². The Kier molecular flexibility index (Phi) is 7.22. The zero-order valence-corrected chi connectivity index (χ0v) is 22.5. The fourth-order valence-electron chi connectivity index (χ4n) is 4.91. The number of hydrogen-bond donors (Lipinski definition) is 2. The Morgan fingerprint density at radius 3 is 2.55 bits per heavy atom. The molecule has 0 atom stereocenters. The third-order valence-corrected chi connectivity index (χ3v) is 8.26. The van der Waals surface area contributed by atoms with Gasteiger partial charge in [0.25, 0.3) is 5.56 Å². The summed E-state index contributed by atoms with van der Waals surface area (Å²) in [4.78, 5) is 20.7. The quantitative estimate of drug-likeness (QED) is 0.331. The lowest BCUT2D eigenvalue weighted by Crippen LogP contribution is -2.23. The Morgan fingerprint density at radius 1 is 1.13 bits per heavy atom. The van der Waals surface area contributed by atoms with E-state index in [2.05, 4.69) is 14.7 Å². The van der Waals surface area contributed by atoms with Gasteiger partial charge in [-0.15, -0.1) is 5.10 Å². The second-order valence-corrected chi connectivity index (χ2v) is 11.1. The predicted molar refractivity (Wildman–Crippen MR) is 143 cm³/mol. The molecule has 1 fully saturated rings. The van der Waals surface area contributed by atoms with Gasteiger partial charge in [-0.3, -0.25) is 4.79 Å². The summed E-state index contributed by atoms with van der Waals surface area (Å²) in [6.07, 6.45) is 4.24. The van der Waals surface area contributed by atoms with Gasteiger partial charge in [0.15, 0.2) is 11.3 Å². The van der Waals surface area contributed by atoms with Gasteiger partial charge in [-0.05, 0) is 62.6 Å². The Hall–Kier alpha value is -3.70. The number of nitrogens with one attached hydrogen (secondary N) is 2. The molecule has 0 bridgehead atoms. The molecule has 2 N–H and O–H groups in total. The Balaban J connectivity index is 1.54. The van der Waals surface area contributed by atoms with E-state index in [-0.39, 0.29) is 28.7 Å². The summed E-state index contributed by atoms with van der Waals surface area (Å²) < 4.78 is 41.6. The Bertz CT molecular complexity index is 1620. The molecule has 10 nitrogen and oxygen atoms in total. The number of fused-ring (bicyclic) bond motifs is 1. The van der Waals surface area contributed by atoms with Gasteiger partial charge < -0.3 is 14.5 Å². The fraction of sp³-hybridized carbons (Fsp3) is 0.370. The number of sulfonamides is 1. The number of benzene rings is 2. The molecule has 0 amide bonds. The lowest BCUT2D eigenvalue weighted by atomic mass is 10.1. The number of ether oxygens (including phenoxy) is 2. The smallest absolute Gasteiger partial charge is 0.277 e. The fourth-order valence-corrected chi connectivity index (χ4v) is 5.95. The molecule has 2 heterocycles. The summed E-state index contributed by atoms with van der Waals surface area (Å²) >= 11 is 0. The normalized spacial score (nSPS) is 14.3. The molecule has 200 valence electrons. The monoisotopic (exact) mass is 537 g/mol. The van der Waals surface area contributed by atoms with Crippen molar-refractivity contribution >= 4 is 15.5 Å². The van der Waals surface area contributed by atoms with Crippen molar-refractivity contribution in [2.24, 2.45) is 0 Å². The number of hydrogen-bond acceptors (Lipinski definition) is 7. The van der Waals surface area contributed by atoms with E-state index in [1.165, 1.54) is 12.1 Å². The second kappa shape index (κ2) is 10.6. The summed E-state index contributed by atoms with van der Waals surface area (Å²) in [5, 5.41) is 4.74.